The number of fused-ring (bicyclic) bond motifs is 2. The van der Waals surface area contributed by atoms with Crippen molar-refractivity contribution in [3.05, 3.63) is 97.8 Å². The van der Waals surface area contributed by atoms with Crippen molar-refractivity contribution in [1.82, 2.24) is 0 Å². The van der Waals surface area contributed by atoms with Gasteiger partial charge in [0.05, 0.1) is 0 Å². The van der Waals surface area contributed by atoms with Crippen LogP contribution in [0.25, 0.3) is 21.5 Å². The number of rotatable bonds is 0. The standard InChI is InChI=1S/2C11H11.2CH3.2ClH.Si.Zr/c2*1-8-7-10-5-3-4-6-11(10)9(8)2;;;;;;/h2*3-7H,1-2H3;2*1H3;2*1H;;/q4*-1;;;;. The van der Waals surface area contributed by atoms with Crippen molar-refractivity contribution in [3.8, 4) is 0 Å². The van der Waals surface area contributed by atoms with Crippen LogP contribution in [0.3, 0.4) is 0 Å². The van der Waals surface area contributed by atoms with E-state index in [4.69, 9.17) is 0 Å². The van der Waals surface area contributed by atoms with Gasteiger partial charge in [-0.2, -0.15) is 11.1 Å². The zero-order valence-corrected chi connectivity index (χ0v) is 22.7. The van der Waals surface area contributed by atoms with E-state index in [1.807, 2.05) is 0 Å². The van der Waals surface area contributed by atoms with E-state index in [2.05, 4.69) is 95.2 Å². The molecule has 0 aliphatic rings. The molecule has 0 unspecified atom stereocenters. The van der Waals surface area contributed by atoms with Crippen molar-refractivity contribution in [2.24, 2.45) is 0 Å². The second-order valence-electron chi connectivity index (χ2n) is 6.08. The molecule has 0 aliphatic heterocycles. The van der Waals surface area contributed by atoms with Gasteiger partial charge in [-0.1, -0.05) is 39.8 Å². The SMILES string of the molecule is Cc1[cH-]c2ccccc2c1C.Cc1[cH-]c2ccccc2c1C.Cl.Cl.[CH3-].[CH3-].[Si]=[Zr]. The van der Waals surface area contributed by atoms with E-state index in [9.17, 15) is 0 Å². The van der Waals surface area contributed by atoms with Crippen LogP contribution in [0.4, 0.5) is 0 Å². The van der Waals surface area contributed by atoms with Crippen molar-refractivity contribution < 1.29 is 23.3 Å². The summed E-state index contributed by atoms with van der Waals surface area (Å²) in [6.45, 7) is 11.7. The first kappa shape index (κ1) is 32.0. The molecule has 0 amide bonds. The third kappa shape index (κ3) is 7.30. The summed E-state index contributed by atoms with van der Waals surface area (Å²) in [7, 11) is 0. The Morgan fingerprint density at radius 2 is 0.893 bits per heavy atom. The Labute approximate surface area is 200 Å². The summed E-state index contributed by atoms with van der Waals surface area (Å²) in [5.41, 5.74) is 5.62. The molecule has 0 N–H and O–H groups in total. The van der Waals surface area contributed by atoms with E-state index in [1.54, 1.807) is 0 Å². The van der Waals surface area contributed by atoms with Crippen LogP contribution in [-0.2, 0) is 23.3 Å². The van der Waals surface area contributed by atoms with Crippen molar-refractivity contribution in [2.45, 2.75) is 27.7 Å². The molecule has 4 aromatic rings. The van der Waals surface area contributed by atoms with E-state index in [1.165, 1.54) is 67.1 Å². The molecule has 0 saturated heterocycles. The number of halogens is 2. The molecule has 0 saturated carbocycles. The molecular formula is C24H30Cl2SiZr-4. The van der Waals surface area contributed by atoms with Crippen LogP contribution in [-0.4, -0.2) is 6.88 Å². The number of hydrogen-bond acceptors (Lipinski definition) is 0. The third-order valence-corrected chi connectivity index (χ3v) is 4.66. The van der Waals surface area contributed by atoms with Gasteiger partial charge in [-0.25, -0.2) is 0 Å². The zero-order chi connectivity index (χ0) is 17.7. The van der Waals surface area contributed by atoms with Gasteiger partial charge in [0.25, 0.3) is 0 Å². The van der Waals surface area contributed by atoms with Gasteiger partial charge in [0.1, 0.15) is 0 Å². The summed E-state index contributed by atoms with van der Waals surface area (Å²) in [4.78, 5) is 0. The van der Waals surface area contributed by atoms with Gasteiger partial charge >= 0.3 is 30.2 Å². The molecule has 0 fully saturated rings. The molecule has 2 radical (unpaired) electrons. The fourth-order valence-electron chi connectivity index (χ4n) is 3.04. The molecule has 0 nitrogen and oxygen atoms in total. The first-order chi connectivity index (χ1) is 11.6. The molecule has 0 atom stereocenters. The minimum absolute atomic E-state index is 0. The van der Waals surface area contributed by atoms with E-state index in [0.717, 1.165) is 0 Å². The van der Waals surface area contributed by atoms with Gasteiger partial charge in [0.15, 0.2) is 0 Å². The maximum absolute atomic E-state index is 3.06. The Bertz CT molecular complexity index is 876. The van der Waals surface area contributed by atoms with Gasteiger partial charge < -0.3 is 14.9 Å². The average molecular weight is 509 g/mol. The molecule has 4 rings (SSSR count). The van der Waals surface area contributed by atoms with Crippen molar-refractivity contribution >= 4 is 53.2 Å². The summed E-state index contributed by atoms with van der Waals surface area (Å²) >= 11 is 1.36. The van der Waals surface area contributed by atoms with E-state index >= 15 is 0 Å². The summed E-state index contributed by atoms with van der Waals surface area (Å²) in [5, 5.41) is 5.51. The number of benzene rings is 2. The molecule has 0 heterocycles. The summed E-state index contributed by atoms with van der Waals surface area (Å²) in [6, 6.07) is 21.5. The summed E-state index contributed by atoms with van der Waals surface area (Å²) in [6.07, 6.45) is 0. The second-order valence-corrected chi connectivity index (χ2v) is 6.08. The summed E-state index contributed by atoms with van der Waals surface area (Å²) < 4.78 is 0. The van der Waals surface area contributed by atoms with Crippen LogP contribution in [0.15, 0.2) is 60.7 Å². The van der Waals surface area contributed by atoms with E-state index in [-0.39, 0.29) is 39.7 Å². The van der Waals surface area contributed by atoms with Crippen LogP contribution in [0.2, 0.25) is 0 Å². The van der Waals surface area contributed by atoms with Crippen molar-refractivity contribution in [3.63, 3.8) is 0 Å². The molecule has 0 bridgehead atoms. The molecule has 28 heavy (non-hydrogen) atoms. The van der Waals surface area contributed by atoms with E-state index in [0.29, 0.717) is 0 Å². The number of aryl methyl sites for hydroxylation is 4. The molecule has 0 spiro atoms. The van der Waals surface area contributed by atoms with Gasteiger partial charge in [0, 0.05) is 0 Å². The second kappa shape index (κ2) is 15.2. The summed E-state index contributed by atoms with van der Waals surface area (Å²) in [5.74, 6) is 0. The first-order valence-corrected chi connectivity index (χ1v) is 12.2. The molecular weight excluding hydrogens is 478 g/mol. The Balaban J connectivity index is -0.000000363. The Kier molecular flexibility index (Phi) is 17.4. The Morgan fingerprint density at radius 1 is 0.607 bits per heavy atom. The van der Waals surface area contributed by atoms with Crippen LogP contribution in [0.5, 0.6) is 0 Å². The third-order valence-electron chi connectivity index (χ3n) is 4.66. The predicted octanol–water partition coefficient (Wildman–Crippen LogP) is 7.71. The first-order valence-electron chi connectivity index (χ1n) is 8.06. The Hall–Kier alpha value is -0.660. The zero-order valence-electron chi connectivity index (χ0n) is 17.6. The minimum atomic E-state index is 0. The van der Waals surface area contributed by atoms with Crippen LogP contribution in [0.1, 0.15) is 22.3 Å². The molecule has 4 heteroatoms. The van der Waals surface area contributed by atoms with Gasteiger partial charge in [0.2, 0.25) is 0 Å². The monoisotopic (exact) mass is 506 g/mol. The Morgan fingerprint density at radius 3 is 1.18 bits per heavy atom. The van der Waals surface area contributed by atoms with Gasteiger partial charge in [-0.15, -0.1) is 106 Å². The van der Waals surface area contributed by atoms with Crippen LogP contribution >= 0.6 is 24.8 Å². The fraction of sp³-hybridized carbons (Fsp3) is 0.167. The molecule has 0 aromatic heterocycles. The predicted molar refractivity (Wildman–Crippen MR) is 131 cm³/mol. The maximum atomic E-state index is 3.06. The van der Waals surface area contributed by atoms with Crippen LogP contribution in [0, 0.1) is 42.5 Å². The topological polar surface area (TPSA) is 0 Å². The van der Waals surface area contributed by atoms with Gasteiger partial charge in [-0.05, 0) is 0 Å². The van der Waals surface area contributed by atoms with E-state index < -0.39 is 0 Å². The van der Waals surface area contributed by atoms with Crippen LogP contribution < -0.4 is 0 Å². The van der Waals surface area contributed by atoms with Crippen molar-refractivity contribution in [2.75, 3.05) is 0 Å². The average Bonchev–Trinajstić information content (AvgIpc) is 3.07. The normalized spacial score (nSPS) is 8.54. The van der Waals surface area contributed by atoms with Gasteiger partial charge in [-0.3, -0.25) is 0 Å². The molecule has 4 aromatic carbocycles. The van der Waals surface area contributed by atoms with Crippen molar-refractivity contribution in [1.29, 1.82) is 0 Å². The molecule has 152 valence electrons. The molecule has 0 aliphatic carbocycles. The fourth-order valence-corrected chi connectivity index (χ4v) is 3.04. The number of hydrogen-bond donors (Lipinski definition) is 0. The quantitative estimate of drug-likeness (QED) is 0.169.